The van der Waals surface area contributed by atoms with Crippen molar-refractivity contribution in [3.8, 4) is 0 Å². The number of imidazole rings is 1. The molecule has 2 rings (SSSR count). The summed E-state index contributed by atoms with van der Waals surface area (Å²) >= 11 is 0. The molecule has 0 spiro atoms. The van der Waals surface area contributed by atoms with Gasteiger partial charge in [-0.05, 0) is 39.7 Å². The van der Waals surface area contributed by atoms with Crippen molar-refractivity contribution < 1.29 is 0 Å². The summed E-state index contributed by atoms with van der Waals surface area (Å²) in [4.78, 5) is 4.20. The first-order valence-electron chi connectivity index (χ1n) is 6.09. The minimum atomic E-state index is 0.470. The lowest BCUT2D eigenvalue weighted by Gasteiger charge is -2.10. The van der Waals surface area contributed by atoms with Gasteiger partial charge in [0.2, 0.25) is 0 Å². The molecule has 1 aromatic heterocycles. The van der Waals surface area contributed by atoms with Crippen LogP contribution in [0, 0.1) is 0 Å². The minimum absolute atomic E-state index is 0.470. The molecule has 1 fully saturated rings. The molecule has 1 aliphatic rings. The summed E-state index contributed by atoms with van der Waals surface area (Å²) in [5.41, 5.74) is 2.57. The van der Waals surface area contributed by atoms with Crippen LogP contribution in [0.15, 0.2) is 18.1 Å². The van der Waals surface area contributed by atoms with Crippen LogP contribution in [0.1, 0.15) is 45.3 Å². The van der Waals surface area contributed by atoms with Gasteiger partial charge in [-0.25, -0.2) is 4.98 Å². The number of nitrogens with one attached hydrogen (secondary N) is 1. The largest absolute Gasteiger partial charge is 0.329 e. The molecule has 0 atom stereocenters. The summed E-state index contributed by atoms with van der Waals surface area (Å²) in [6.07, 6.45) is 8.75. The smallest absolute Gasteiger partial charge is 0.0953 e. The highest BCUT2D eigenvalue weighted by Crippen LogP contribution is 2.19. The second kappa shape index (κ2) is 4.83. The van der Waals surface area contributed by atoms with Gasteiger partial charge >= 0.3 is 0 Å². The first-order chi connectivity index (χ1) is 7.66. The molecule has 0 radical (unpaired) electrons. The predicted octanol–water partition coefficient (Wildman–Crippen LogP) is 2.62. The van der Waals surface area contributed by atoms with E-state index in [0.29, 0.717) is 6.04 Å². The summed E-state index contributed by atoms with van der Waals surface area (Å²) < 4.78 is 2.20. The van der Waals surface area contributed by atoms with Crippen molar-refractivity contribution in [2.24, 2.45) is 0 Å². The molecule has 1 aromatic rings. The van der Waals surface area contributed by atoms with Gasteiger partial charge in [0, 0.05) is 18.6 Å². The van der Waals surface area contributed by atoms with Gasteiger partial charge in [0.25, 0.3) is 0 Å². The van der Waals surface area contributed by atoms with Crippen molar-refractivity contribution in [1.82, 2.24) is 14.9 Å². The van der Waals surface area contributed by atoms with Crippen molar-refractivity contribution in [2.75, 3.05) is 6.54 Å². The lowest BCUT2D eigenvalue weighted by molar-refractivity contribution is 0.595. The third-order valence-corrected chi connectivity index (χ3v) is 2.89. The van der Waals surface area contributed by atoms with Crippen LogP contribution in [0.2, 0.25) is 0 Å². The first-order valence-corrected chi connectivity index (χ1v) is 6.09. The number of rotatable bonds is 5. The summed E-state index contributed by atoms with van der Waals surface area (Å²) in [6.45, 7) is 7.52. The van der Waals surface area contributed by atoms with Crippen LogP contribution in [0.5, 0.6) is 0 Å². The standard InChI is InChI=1S/C13H21N3/c1-10(2)16-9-14-8-13(16)6-11(3)7-15-12-4-5-12/h6,8-10,12,15H,4-5,7H2,1-3H3. The molecule has 1 N–H and O–H groups in total. The molecule has 88 valence electrons. The molecule has 0 saturated heterocycles. The van der Waals surface area contributed by atoms with E-state index in [-0.39, 0.29) is 0 Å². The van der Waals surface area contributed by atoms with Gasteiger partial charge in [0.05, 0.1) is 18.2 Å². The van der Waals surface area contributed by atoms with Crippen LogP contribution < -0.4 is 5.32 Å². The van der Waals surface area contributed by atoms with Crippen molar-refractivity contribution in [2.45, 2.75) is 45.7 Å². The fourth-order valence-corrected chi connectivity index (χ4v) is 1.75. The fraction of sp³-hybridized carbons (Fsp3) is 0.615. The monoisotopic (exact) mass is 219 g/mol. The molecule has 3 nitrogen and oxygen atoms in total. The Kier molecular flexibility index (Phi) is 3.44. The summed E-state index contributed by atoms with van der Waals surface area (Å²) in [7, 11) is 0. The molecule has 0 aliphatic heterocycles. The van der Waals surface area contributed by atoms with Crippen LogP contribution in [0.3, 0.4) is 0 Å². The van der Waals surface area contributed by atoms with Crippen LogP contribution in [-0.4, -0.2) is 22.1 Å². The van der Waals surface area contributed by atoms with Crippen molar-refractivity contribution >= 4 is 6.08 Å². The van der Waals surface area contributed by atoms with E-state index in [0.717, 1.165) is 12.6 Å². The van der Waals surface area contributed by atoms with Gasteiger partial charge in [-0.15, -0.1) is 0 Å². The Morgan fingerprint density at radius 2 is 2.38 bits per heavy atom. The van der Waals surface area contributed by atoms with E-state index in [1.807, 2.05) is 12.5 Å². The average Bonchev–Trinajstić information content (AvgIpc) is 2.95. The van der Waals surface area contributed by atoms with Crippen molar-refractivity contribution in [3.05, 3.63) is 23.8 Å². The van der Waals surface area contributed by atoms with E-state index in [1.165, 1.54) is 24.1 Å². The lowest BCUT2D eigenvalue weighted by atomic mass is 10.2. The SMILES string of the molecule is CC(=Cc1cncn1C(C)C)CNC1CC1. The third-order valence-electron chi connectivity index (χ3n) is 2.89. The summed E-state index contributed by atoms with van der Waals surface area (Å²) in [5.74, 6) is 0. The molecule has 3 heteroatoms. The Morgan fingerprint density at radius 1 is 1.62 bits per heavy atom. The molecular weight excluding hydrogens is 198 g/mol. The number of hydrogen-bond donors (Lipinski definition) is 1. The topological polar surface area (TPSA) is 29.9 Å². The zero-order valence-corrected chi connectivity index (χ0v) is 10.4. The maximum absolute atomic E-state index is 4.20. The normalized spacial score (nSPS) is 17.1. The van der Waals surface area contributed by atoms with Gasteiger partial charge in [-0.1, -0.05) is 5.57 Å². The predicted molar refractivity (Wildman–Crippen MR) is 67.3 cm³/mol. The van der Waals surface area contributed by atoms with Gasteiger partial charge in [0.1, 0.15) is 0 Å². The van der Waals surface area contributed by atoms with E-state index in [4.69, 9.17) is 0 Å². The highest BCUT2D eigenvalue weighted by Gasteiger charge is 2.19. The van der Waals surface area contributed by atoms with Crippen molar-refractivity contribution in [1.29, 1.82) is 0 Å². The molecule has 1 heterocycles. The zero-order valence-electron chi connectivity index (χ0n) is 10.4. The van der Waals surface area contributed by atoms with Crippen LogP contribution in [0.4, 0.5) is 0 Å². The Labute approximate surface area is 97.6 Å². The van der Waals surface area contributed by atoms with E-state index in [1.54, 1.807) is 0 Å². The molecule has 1 aliphatic carbocycles. The van der Waals surface area contributed by atoms with E-state index in [9.17, 15) is 0 Å². The maximum Gasteiger partial charge on any atom is 0.0953 e. The van der Waals surface area contributed by atoms with Gasteiger partial charge in [-0.2, -0.15) is 0 Å². The fourth-order valence-electron chi connectivity index (χ4n) is 1.75. The molecular formula is C13H21N3. The minimum Gasteiger partial charge on any atom is -0.329 e. The van der Waals surface area contributed by atoms with E-state index < -0.39 is 0 Å². The number of nitrogens with zero attached hydrogens (tertiary/aromatic N) is 2. The van der Waals surface area contributed by atoms with Gasteiger partial charge in [0.15, 0.2) is 0 Å². The summed E-state index contributed by atoms with van der Waals surface area (Å²) in [6, 6.07) is 1.25. The quantitative estimate of drug-likeness (QED) is 0.825. The van der Waals surface area contributed by atoms with Crippen LogP contribution in [0.25, 0.3) is 6.08 Å². The van der Waals surface area contributed by atoms with Crippen LogP contribution in [-0.2, 0) is 0 Å². The summed E-state index contributed by atoms with van der Waals surface area (Å²) in [5, 5.41) is 3.52. The Balaban J connectivity index is 1.99. The maximum atomic E-state index is 4.20. The second-order valence-corrected chi connectivity index (χ2v) is 4.97. The third kappa shape index (κ3) is 2.95. The lowest BCUT2D eigenvalue weighted by Crippen LogP contribution is -2.18. The zero-order chi connectivity index (χ0) is 11.5. The van der Waals surface area contributed by atoms with Gasteiger partial charge in [-0.3, -0.25) is 0 Å². The van der Waals surface area contributed by atoms with Crippen LogP contribution >= 0.6 is 0 Å². The molecule has 16 heavy (non-hydrogen) atoms. The molecule has 0 amide bonds. The number of hydrogen-bond acceptors (Lipinski definition) is 2. The van der Waals surface area contributed by atoms with Crippen molar-refractivity contribution in [3.63, 3.8) is 0 Å². The highest BCUT2D eigenvalue weighted by molar-refractivity contribution is 5.48. The first kappa shape index (κ1) is 11.4. The van der Waals surface area contributed by atoms with Gasteiger partial charge < -0.3 is 9.88 Å². The number of aromatic nitrogens is 2. The van der Waals surface area contributed by atoms with E-state index in [2.05, 4.69) is 41.7 Å². The molecule has 0 bridgehead atoms. The molecule has 0 aromatic carbocycles. The Hall–Kier alpha value is -1.09. The second-order valence-electron chi connectivity index (χ2n) is 4.97. The Morgan fingerprint density at radius 3 is 3.00 bits per heavy atom. The molecule has 0 unspecified atom stereocenters. The highest BCUT2D eigenvalue weighted by atomic mass is 15.1. The average molecular weight is 219 g/mol. The Bertz CT molecular complexity index is 372. The van der Waals surface area contributed by atoms with E-state index >= 15 is 0 Å². The molecule has 1 saturated carbocycles.